The Balaban J connectivity index is 1.56. The summed E-state index contributed by atoms with van der Waals surface area (Å²) in [6.45, 7) is 1.68. The van der Waals surface area contributed by atoms with Crippen LogP contribution in [0, 0.1) is 4.91 Å². The van der Waals surface area contributed by atoms with Crippen LogP contribution in [0.2, 0.25) is 0 Å². The molecule has 0 radical (unpaired) electrons. The van der Waals surface area contributed by atoms with E-state index in [-0.39, 0.29) is 18.9 Å². The van der Waals surface area contributed by atoms with Gasteiger partial charge in [0.2, 0.25) is 0 Å². The van der Waals surface area contributed by atoms with Gasteiger partial charge < -0.3 is 20.1 Å². The molecule has 1 unspecified atom stereocenters. The lowest BCUT2D eigenvalue weighted by atomic mass is 10.1. The molecule has 0 aromatic heterocycles. The Morgan fingerprint density at radius 3 is 2.50 bits per heavy atom. The molecule has 0 saturated heterocycles. The van der Waals surface area contributed by atoms with Crippen molar-refractivity contribution in [3.05, 3.63) is 70.1 Å². The molecule has 3 N–H and O–H groups in total. The number of hydrogen-bond acceptors (Lipinski definition) is 6. The molecule has 0 saturated carbocycles. The molecule has 2 aromatic carbocycles. The summed E-state index contributed by atoms with van der Waals surface area (Å²) in [5, 5.41) is 33.4. The lowest BCUT2D eigenvalue weighted by Gasteiger charge is -2.20. The Morgan fingerprint density at radius 2 is 1.77 bits per heavy atom. The second-order valence-electron chi connectivity index (χ2n) is 7.32. The van der Waals surface area contributed by atoms with E-state index in [1.807, 2.05) is 18.2 Å². The van der Waals surface area contributed by atoms with Crippen LogP contribution in [0.1, 0.15) is 48.5 Å². The molecule has 30 heavy (non-hydrogen) atoms. The van der Waals surface area contributed by atoms with E-state index >= 15 is 0 Å². The second-order valence-corrected chi connectivity index (χ2v) is 7.32. The Kier molecular flexibility index (Phi) is 10.9. The zero-order chi connectivity index (χ0) is 21.6. The van der Waals surface area contributed by atoms with Crippen LogP contribution in [0.15, 0.2) is 53.8 Å². The molecule has 2 rings (SSSR count). The largest absolute Gasteiger partial charge is 0.508 e. The molecule has 0 aliphatic heterocycles. The quantitative estimate of drug-likeness (QED) is 0.232. The van der Waals surface area contributed by atoms with Crippen LogP contribution in [-0.2, 0) is 17.8 Å². The van der Waals surface area contributed by atoms with Crippen LogP contribution in [-0.4, -0.2) is 46.6 Å². The van der Waals surface area contributed by atoms with E-state index in [0.29, 0.717) is 17.7 Å². The molecule has 2 aromatic rings. The predicted octanol–water partition coefficient (Wildman–Crippen LogP) is 3.72. The lowest BCUT2D eigenvalue weighted by molar-refractivity contribution is 0.111. The van der Waals surface area contributed by atoms with Crippen LogP contribution >= 0.6 is 0 Å². The molecule has 0 amide bonds. The van der Waals surface area contributed by atoms with Crippen LogP contribution in [0.25, 0.3) is 0 Å². The first-order valence-corrected chi connectivity index (χ1v) is 10.4. The number of phenols is 1. The van der Waals surface area contributed by atoms with E-state index in [0.717, 1.165) is 45.3 Å². The summed E-state index contributed by atoms with van der Waals surface area (Å²) in [5.74, 6) is -0.0251. The topological polar surface area (TPSA) is 103 Å². The first-order chi connectivity index (χ1) is 14.6. The maximum absolute atomic E-state index is 11.1. The average molecular weight is 417 g/mol. The highest BCUT2D eigenvalue weighted by molar-refractivity contribution is 5.36. The number of aliphatic hydroxyl groups is 2. The van der Waals surface area contributed by atoms with Gasteiger partial charge in [-0.15, -0.1) is 4.91 Å². The van der Waals surface area contributed by atoms with Gasteiger partial charge in [-0.2, -0.15) is 0 Å². The zero-order valence-corrected chi connectivity index (χ0v) is 17.3. The standard InChI is InChI=1S/C23H32N2O5/c26-18-21-16-20(10-11-22(21)27)23(28)17-25(24-29)13-6-1-2-7-14-30-15-12-19-8-4-3-5-9-19/h3-5,8-11,16,23,26-28H,1-2,6-7,12-15,17-18H2. The number of nitrogens with zero attached hydrogens (tertiary/aromatic N) is 2. The first-order valence-electron chi connectivity index (χ1n) is 10.4. The van der Waals surface area contributed by atoms with Crippen molar-refractivity contribution >= 4 is 0 Å². The number of rotatable bonds is 15. The molecule has 0 spiro atoms. The van der Waals surface area contributed by atoms with Gasteiger partial charge in [0.15, 0.2) is 0 Å². The van der Waals surface area contributed by atoms with Crippen LogP contribution < -0.4 is 0 Å². The van der Waals surface area contributed by atoms with E-state index in [9.17, 15) is 20.2 Å². The van der Waals surface area contributed by atoms with E-state index in [1.165, 1.54) is 22.7 Å². The van der Waals surface area contributed by atoms with Gasteiger partial charge >= 0.3 is 0 Å². The van der Waals surface area contributed by atoms with Crippen molar-refractivity contribution in [3.63, 3.8) is 0 Å². The number of benzene rings is 2. The summed E-state index contributed by atoms with van der Waals surface area (Å²) < 4.78 is 5.67. The lowest BCUT2D eigenvalue weighted by Crippen LogP contribution is -2.24. The van der Waals surface area contributed by atoms with Crippen LogP contribution in [0.3, 0.4) is 0 Å². The molecule has 0 aliphatic rings. The normalized spacial score (nSPS) is 11.9. The maximum atomic E-state index is 11.1. The Hall–Kier alpha value is -2.48. The summed E-state index contributed by atoms with van der Waals surface area (Å²) in [5.41, 5.74) is 2.14. The van der Waals surface area contributed by atoms with Crippen molar-refractivity contribution in [3.8, 4) is 5.75 Å². The van der Waals surface area contributed by atoms with E-state index in [1.54, 1.807) is 6.07 Å². The fourth-order valence-corrected chi connectivity index (χ4v) is 3.20. The van der Waals surface area contributed by atoms with Crippen molar-refractivity contribution in [2.45, 2.75) is 44.8 Å². The highest BCUT2D eigenvalue weighted by Crippen LogP contribution is 2.23. The first kappa shape index (κ1) is 23.8. The van der Waals surface area contributed by atoms with Gasteiger partial charge in [0, 0.05) is 18.7 Å². The summed E-state index contributed by atoms with van der Waals surface area (Å²) in [7, 11) is 0. The number of hydrogen-bond donors (Lipinski definition) is 3. The number of nitroso groups, excluding NO2 is 1. The highest BCUT2D eigenvalue weighted by atomic mass is 16.5. The molecule has 0 aliphatic carbocycles. The predicted molar refractivity (Wildman–Crippen MR) is 116 cm³/mol. The van der Waals surface area contributed by atoms with Gasteiger partial charge in [0.05, 0.1) is 31.1 Å². The third kappa shape index (κ3) is 8.49. The molecule has 1 atom stereocenters. The smallest absolute Gasteiger partial charge is 0.121 e. The van der Waals surface area contributed by atoms with Crippen LogP contribution in [0.5, 0.6) is 5.75 Å². The summed E-state index contributed by atoms with van der Waals surface area (Å²) in [4.78, 5) is 11.1. The fourth-order valence-electron chi connectivity index (χ4n) is 3.20. The molecule has 0 heterocycles. The van der Waals surface area contributed by atoms with Crippen molar-refractivity contribution in [1.82, 2.24) is 5.01 Å². The van der Waals surface area contributed by atoms with Gasteiger partial charge in [0.25, 0.3) is 0 Å². The van der Waals surface area contributed by atoms with E-state index < -0.39 is 6.10 Å². The van der Waals surface area contributed by atoms with Crippen LogP contribution in [0.4, 0.5) is 0 Å². The van der Waals surface area contributed by atoms with Gasteiger partial charge in [-0.3, -0.25) is 5.01 Å². The van der Waals surface area contributed by atoms with Gasteiger partial charge in [-0.05, 0) is 42.5 Å². The number of aromatic hydroxyl groups is 1. The number of ether oxygens (including phenoxy) is 1. The summed E-state index contributed by atoms with van der Waals surface area (Å²) in [6.07, 6.45) is 3.75. The van der Waals surface area contributed by atoms with Gasteiger partial charge in [-0.1, -0.05) is 49.2 Å². The van der Waals surface area contributed by atoms with E-state index in [4.69, 9.17) is 4.74 Å². The Labute approximate surface area is 177 Å². The SMILES string of the molecule is O=NN(CCCCCCOCCc1ccccc1)CC(O)c1ccc(O)c(CO)c1. The Bertz CT molecular complexity index is 742. The molecule has 7 heteroatoms. The van der Waals surface area contributed by atoms with Gasteiger partial charge in [-0.25, -0.2) is 0 Å². The number of aliphatic hydroxyl groups excluding tert-OH is 2. The van der Waals surface area contributed by atoms with Gasteiger partial charge in [0.1, 0.15) is 5.75 Å². The summed E-state index contributed by atoms with van der Waals surface area (Å²) >= 11 is 0. The summed E-state index contributed by atoms with van der Waals surface area (Å²) in [6, 6.07) is 14.8. The van der Waals surface area contributed by atoms with Crippen molar-refractivity contribution in [1.29, 1.82) is 0 Å². The maximum Gasteiger partial charge on any atom is 0.121 e. The van der Waals surface area contributed by atoms with Crippen molar-refractivity contribution in [2.24, 2.45) is 5.29 Å². The van der Waals surface area contributed by atoms with Crippen molar-refractivity contribution in [2.75, 3.05) is 26.3 Å². The zero-order valence-electron chi connectivity index (χ0n) is 17.3. The average Bonchev–Trinajstić information content (AvgIpc) is 2.78. The monoisotopic (exact) mass is 416 g/mol. The molecular formula is C23H32N2O5. The van der Waals surface area contributed by atoms with Crippen molar-refractivity contribution < 1.29 is 20.1 Å². The molecule has 7 nitrogen and oxygen atoms in total. The second kappa shape index (κ2) is 13.7. The third-order valence-corrected chi connectivity index (χ3v) is 4.99. The van der Waals surface area contributed by atoms with E-state index in [2.05, 4.69) is 17.4 Å². The minimum atomic E-state index is -0.924. The minimum Gasteiger partial charge on any atom is -0.508 e. The molecule has 0 bridgehead atoms. The highest BCUT2D eigenvalue weighted by Gasteiger charge is 2.14. The molecular weight excluding hydrogens is 384 g/mol. The number of unbranched alkanes of at least 4 members (excludes halogenated alkanes) is 3. The minimum absolute atomic E-state index is 0.0251. The fraction of sp³-hybridized carbons (Fsp3) is 0.478. The third-order valence-electron chi connectivity index (χ3n) is 4.99. The molecule has 164 valence electrons. The Morgan fingerprint density at radius 1 is 1.00 bits per heavy atom. The molecule has 0 fully saturated rings.